The fraction of sp³-hybridized carbons (Fsp3) is 0.692. The molecule has 0 fully saturated rings. The lowest BCUT2D eigenvalue weighted by Gasteiger charge is -2.29. The Labute approximate surface area is 102 Å². The minimum absolute atomic E-state index is 0.171. The van der Waals surface area contributed by atoms with Crippen LogP contribution in [0.4, 0.5) is 0 Å². The van der Waals surface area contributed by atoms with E-state index in [0.717, 1.165) is 17.7 Å². The van der Waals surface area contributed by atoms with Gasteiger partial charge in [0, 0.05) is 12.0 Å². The second-order valence-electron chi connectivity index (χ2n) is 5.17. The number of aliphatic hydroxyl groups is 1. The number of hydrogen-bond acceptors (Lipinski definition) is 3. The molecule has 1 aromatic rings. The zero-order valence-electron chi connectivity index (χ0n) is 10.8. The zero-order valence-corrected chi connectivity index (χ0v) is 11.6. The van der Waals surface area contributed by atoms with Gasteiger partial charge in [0.1, 0.15) is 0 Å². The third kappa shape index (κ3) is 3.30. The molecule has 0 amide bonds. The molecule has 0 bridgehead atoms. The van der Waals surface area contributed by atoms with E-state index in [4.69, 9.17) is 4.74 Å². The number of thiophene rings is 1. The number of aryl methyl sites for hydroxylation is 1. The Hall–Kier alpha value is -0.380. The molecule has 0 aliphatic rings. The molecule has 0 saturated heterocycles. The van der Waals surface area contributed by atoms with Gasteiger partial charge >= 0.3 is 0 Å². The van der Waals surface area contributed by atoms with Crippen molar-refractivity contribution in [3.8, 4) is 0 Å². The van der Waals surface area contributed by atoms with Gasteiger partial charge in [-0.25, -0.2) is 0 Å². The predicted molar refractivity (Wildman–Crippen MR) is 68.9 cm³/mol. The molecular weight excluding hydrogens is 220 g/mol. The van der Waals surface area contributed by atoms with Crippen molar-refractivity contribution in [2.45, 2.75) is 51.7 Å². The fourth-order valence-corrected chi connectivity index (χ4v) is 2.70. The molecule has 16 heavy (non-hydrogen) atoms. The monoisotopic (exact) mass is 242 g/mol. The van der Waals surface area contributed by atoms with E-state index in [0.29, 0.717) is 0 Å². The van der Waals surface area contributed by atoms with Gasteiger partial charge in [0.2, 0.25) is 0 Å². The van der Waals surface area contributed by atoms with Crippen molar-refractivity contribution in [2.75, 3.05) is 7.11 Å². The third-order valence-electron chi connectivity index (χ3n) is 3.12. The van der Waals surface area contributed by atoms with Gasteiger partial charge in [0.05, 0.1) is 11.2 Å². The molecule has 1 heterocycles. The summed E-state index contributed by atoms with van der Waals surface area (Å²) in [6, 6.07) is 2.05. The minimum Gasteiger partial charge on any atom is -0.385 e. The lowest BCUT2D eigenvalue weighted by Crippen LogP contribution is -2.28. The van der Waals surface area contributed by atoms with Crippen LogP contribution in [0.15, 0.2) is 11.4 Å². The standard InChI is InChI=1S/C13H22O2S/c1-10-6-9-16-11(10)13(4,14)8-7-12(2,3)15-5/h6,9,14H,7-8H2,1-5H3. The zero-order chi connectivity index (χ0) is 12.4. The van der Waals surface area contributed by atoms with Crippen molar-refractivity contribution in [1.82, 2.24) is 0 Å². The summed E-state index contributed by atoms with van der Waals surface area (Å²) in [5, 5.41) is 12.5. The van der Waals surface area contributed by atoms with E-state index in [1.807, 2.05) is 33.1 Å². The minimum atomic E-state index is -0.742. The molecule has 0 aliphatic carbocycles. The van der Waals surface area contributed by atoms with Crippen LogP contribution in [0.25, 0.3) is 0 Å². The van der Waals surface area contributed by atoms with Crippen LogP contribution in [0.3, 0.4) is 0 Å². The maximum absolute atomic E-state index is 10.5. The number of rotatable bonds is 5. The highest BCUT2D eigenvalue weighted by atomic mass is 32.1. The predicted octanol–water partition coefficient (Wildman–Crippen LogP) is 3.47. The quantitative estimate of drug-likeness (QED) is 0.856. The third-order valence-corrected chi connectivity index (χ3v) is 4.39. The molecule has 0 saturated carbocycles. The Morgan fingerprint density at radius 1 is 1.31 bits per heavy atom. The first-order chi connectivity index (χ1) is 7.28. The van der Waals surface area contributed by atoms with Crippen LogP contribution < -0.4 is 0 Å². The highest BCUT2D eigenvalue weighted by molar-refractivity contribution is 7.10. The van der Waals surface area contributed by atoms with E-state index in [-0.39, 0.29) is 5.60 Å². The fourth-order valence-electron chi connectivity index (χ4n) is 1.68. The second kappa shape index (κ2) is 4.86. The van der Waals surface area contributed by atoms with E-state index in [1.165, 1.54) is 5.56 Å². The number of methoxy groups -OCH3 is 1. The van der Waals surface area contributed by atoms with Crippen LogP contribution in [-0.4, -0.2) is 17.8 Å². The van der Waals surface area contributed by atoms with Crippen molar-refractivity contribution in [1.29, 1.82) is 0 Å². The van der Waals surface area contributed by atoms with Crippen molar-refractivity contribution in [3.63, 3.8) is 0 Å². The smallest absolute Gasteiger partial charge is 0.0963 e. The molecule has 0 aliphatic heterocycles. The summed E-state index contributed by atoms with van der Waals surface area (Å²) in [6.45, 7) is 8.02. The average Bonchev–Trinajstić information content (AvgIpc) is 2.63. The molecule has 0 spiro atoms. The van der Waals surface area contributed by atoms with Gasteiger partial charge in [-0.3, -0.25) is 0 Å². The normalized spacial score (nSPS) is 16.1. The molecule has 0 radical (unpaired) electrons. The van der Waals surface area contributed by atoms with Crippen LogP contribution in [0.5, 0.6) is 0 Å². The Kier molecular flexibility index (Phi) is 4.16. The molecule has 1 aromatic heterocycles. The van der Waals surface area contributed by atoms with Crippen molar-refractivity contribution >= 4 is 11.3 Å². The van der Waals surface area contributed by atoms with Crippen molar-refractivity contribution in [3.05, 3.63) is 21.9 Å². The maximum Gasteiger partial charge on any atom is 0.0963 e. The van der Waals surface area contributed by atoms with Crippen LogP contribution in [-0.2, 0) is 10.3 Å². The lowest BCUT2D eigenvalue weighted by atomic mass is 9.90. The Morgan fingerprint density at radius 3 is 2.38 bits per heavy atom. The van der Waals surface area contributed by atoms with E-state index in [9.17, 15) is 5.11 Å². The first-order valence-corrected chi connectivity index (χ1v) is 6.48. The second-order valence-corrected chi connectivity index (χ2v) is 6.09. The van der Waals surface area contributed by atoms with Gasteiger partial charge in [0.15, 0.2) is 0 Å². The van der Waals surface area contributed by atoms with Crippen LogP contribution in [0, 0.1) is 6.92 Å². The van der Waals surface area contributed by atoms with Crippen LogP contribution >= 0.6 is 11.3 Å². The Balaban J connectivity index is 2.70. The lowest BCUT2D eigenvalue weighted by molar-refractivity contribution is -0.0200. The summed E-state index contributed by atoms with van der Waals surface area (Å²) in [7, 11) is 1.71. The van der Waals surface area contributed by atoms with Gasteiger partial charge < -0.3 is 9.84 Å². The van der Waals surface area contributed by atoms with Gasteiger partial charge in [-0.05, 0) is 57.5 Å². The number of ether oxygens (including phenoxy) is 1. The molecular formula is C13H22O2S. The molecule has 1 rings (SSSR count). The van der Waals surface area contributed by atoms with E-state index in [2.05, 4.69) is 6.07 Å². The Morgan fingerprint density at radius 2 is 1.94 bits per heavy atom. The molecule has 0 aromatic carbocycles. The maximum atomic E-state index is 10.5. The summed E-state index contributed by atoms with van der Waals surface area (Å²) < 4.78 is 5.37. The molecule has 92 valence electrons. The summed E-state index contributed by atoms with van der Waals surface area (Å²) >= 11 is 1.62. The molecule has 3 heteroatoms. The SMILES string of the molecule is COC(C)(C)CCC(C)(O)c1sccc1C. The van der Waals surface area contributed by atoms with Gasteiger partial charge in [-0.1, -0.05) is 0 Å². The van der Waals surface area contributed by atoms with Crippen LogP contribution in [0.1, 0.15) is 44.1 Å². The van der Waals surface area contributed by atoms with E-state index >= 15 is 0 Å². The molecule has 1 N–H and O–H groups in total. The highest BCUT2D eigenvalue weighted by Crippen LogP contribution is 2.34. The average molecular weight is 242 g/mol. The van der Waals surface area contributed by atoms with E-state index < -0.39 is 5.60 Å². The Bertz CT molecular complexity index is 339. The summed E-state index contributed by atoms with van der Waals surface area (Å²) in [6.07, 6.45) is 1.56. The molecule has 2 nitrogen and oxygen atoms in total. The molecule has 1 atom stereocenters. The van der Waals surface area contributed by atoms with Crippen molar-refractivity contribution < 1.29 is 9.84 Å². The van der Waals surface area contributed by atoms with Crippen LogP contribution in [0.2, 0.25) is 0 Å². The van der Waals surface area contributed by atoms with Gasteiger partial charge in [0.25, 0.3) is 0 Å². The summed E-state index contributed by atoms with van der Waals surface area (Å²) in [5.74, 6) is 0. The summed E-state index contributed by atoms with van der Waals surface area (Å²) in [5.41, 5.74) is 0.258. The van der Waals surface area contributed by atoms with E-state index in [1.54, 1.807) is 18.4 Å². The first-order valence-electron chi connectivity index (χ1n) is 5.60. The van der Waals surface area contributed by atoms with Gasteiger partial charge in [-0.15, -0.1) is 11.3 Å². The molecule has 1 unspecified atom stereocenters. The topological polar surface area (TPSA) is 29.5 Å². The van der Waals surface area contributed by atoms with Gasteiger partial charge in [-0.2, -0.15) is 0 Å². The summed E-state index contributed by atoms with van der Waals surface area (Å²) in [4.78, 5) is 1.07. The highest BCUT2D eigenvalue weighted by Gasteiger charge is 2.29. The first kappa shape index (κ1) is 13.7. The van der Waals surface area contributed by atoms with Crippen molar-refractivity contribution in [2.24, 2.45) is 0 Å². The number of hydrogen-bond donors (Lipinski definition) is 1. The largest absolute Gasteiger partial charge is 0.385 e.